The Morgan fingerprint density at radius 3 is 2.41 bits per heavy atom. The van der Waals surface area contributed by atoms with Crippen LogP contribution in [0, 0.1) is 0 Å². The number of sulfonamides is 1. The molecular formula is C23H26N4O6S. The Morgan fingerprint density at radius 1 is 0.971 bits per heavy atom. The number of ether oxygens (including phenoxy) is 2. The maximum atomic E-state index is 13.3. The number of nitrogens with one attached hydrogen (secondary N) is 1. The smallest absolute Gasteiger partial charge is 0.326 e. The van der Waals surface area contributed by atoms with E-state index < -0.39 is 21.6 Å². The van der Waals surface area contributed by atoms with E-state index in [2.05, 4.69) is 5.32 Å². The third-order valence-electron chi connectivity index (χ3n) is 6.48. The van der Waals surface area contributed by atoms with Crippen molar-refractivity contribution in [1.82, 2.24) is 19.4 Å². The van der Waals surface area contributed by atoms with Crippen molar-refractivity contribution >= 4 is 22.0 Å². The molecule has 180 valence electrons. The molecule has 2 fully saturated rings. The van der Waals surface area contributed by atoms with Gasteiger partial charge in [-0.05, 0) is 30.2 Å². The Labute approximate surface area is 198 Å². The summed E-state index contributed by atoms with van der Waals surface area (Å²) < 4.78 is 37.8. The quantitative estimate of drug-likeness (QED) is 0.613. The van der Waals surface area contributed by atoms with Crippen molar-refractivity contribution in [3.05, 3.63) is 59.7 Å². The van der Waals surface area contributed by atoms with E-state index in [1.807, 2.05) is 23.1 Å². The predicted octanol–water partition coefficient (Wildman–Crippen LogP) is 1.29. The molecule has 11 heteroatoms. The molecule has 1 atom stereocenters. The third-order valence-corrected chi connectivity index (χ3v) is 8.33. The molecule has 3 aliphatic heterocycles. The average molecular weight is 487 g/mol. The van der Waals surface area contributed by atoms with Gasteiger partial charge in [-0.2, -0.15) is 4.31 Å². The number of imide groups is 1. The van der Waals surface area contributed by atoms with Gasteiger partial charge < -0.3 is 14.8 Å². The number of carbonyl (C=O) groups is 2. The summed E-state index contributed by atoms with van der Waals surface area (Å²) in [5.41, 5.74) is 0.125. The number of amides is 3. The van der Waals surface area contributed by atoms with Gasteiger partial charge in [0.25, 0.3) is 5.91 Å². The van der Waals surface area contributed by atoms with Crippen LogP contribution >= 0.6 is 0 Å². The van der Waals surface area contributed by atoms with Crippen LogP contribution in [0.1, 0.15) is 18.1 Å². The summed E-state index contributed by atoms with van der Waals surface area (Å²) in [5.74, 6) is 0.720. The van der Waals surface area contributed by atoms with Crippen molar-refractivity contribution in [3.63, 3.8) is 0 Å². The van der Waals surface area contributed by atoms with Gasteiger partial charge in [0.05, 0.1) is 12.4 Å². The number of hydrogen-bond acceptors (Lipinski definition) is 7. The lowest BCUT2D eigenvalue weighted by molar-refractivity contribution is -0.132. The molecule has 0 spiro atoms. The van der Waals surface area contributed by atoms with Crippen molar-refractivity contribution in [2.45, 2.75) is 18.2 Å². The fourth-order valence-electron chi connectivity index (χ4n) is 4.45. The number of benzene rings is 2. The lowest BCUT2D eigenvalue weighted by Gasteiger charge is -2.35. The second-order valence-corrected chi connectivity index (χ2v) is 10.7. The lowest BCUT2D eigenvalue weighted by Crippen LogP contribution is -2.53. The van der Waals surface area contributed by atoms with Gasteiger partial charge in [0, 0.05) is 26.2 Å². The molecule has 0 aromatic heterocycles. The summed E-state index contributed by atoms with van der Waals surface area (Å²) in [7, 11) is -3.44. The van der Waals surface area contributed by atoms with Crippen LogP contribution in [0.2, 0.25) is 0 Å². The normalized spacial score (nSPS) is 23.4. The predicted molar refractivity (Wildman–Crippen MR) is 122 cm³/mol. The first-order valence-corrected chi connectivity index (χ1v) is 12.7. The van der Waals surface area contributed by atoms with E-state index in [0.29, 0.717) is 43.2 Å². The first kappa shape index (κ1) is 22.6. The van der Waals surface area contributed by atoms with E-state index in [-0.39, 0.29) is 25.1 Å². The summed E-state index contributed by atoms with van der Waals surface area (Å²) in [5, 5.41) is 2.80. The zero-order chi connectivity index (χ0) is 23.9. The average Bonchev–Trinajstić information content (AvgIpc) is 3.38. The van der Waals surface area contributed by atoms with Gasteiger partial charge in [0.15, 0.2) is 11.5 Å². The fourth-order valence-corrected chi connectivity index (χ4v) is 5.97. The number of fused-ring (bicyclic) bond motifs is 1. The van der Waals surface area contributed by atoms with E-state index in [1.54, 1.807) is 37.3 Å². The number of rotatable bonds is 6. The van der Waals surface area contributed by atoms with Crippen molar-refractivity contribution < 1.29 is 27.5 Å². The molecule has 34 heavy (non-hydrogen) atoms. The summed E-state index contributed by atoms with van der Waals surface area (Å²) in [6, 6.07) is 13.8. The molecule has 3 heterocycles. The largest absolute Gasteiger partial charge is 0.454 e. The molecular weight excluding hydrogens is 460 g/mol. The van der Waals surface area contributed by atoms with Gasteiger partial charge >= 0.3 is 6.03 Å². The summed E-state index contributed by atoms with van der Waals surface area (Å²) in [4.78, 5) is 29.1. The van der Waals surface area contributed by atoms with E-state index in [0.717, 1.165) is 5.56 Å². The first-order valence-electron chi connectivity index (χ1n) is 11.0. The van der Waals surface area contributed by atoms with E-state index in [4.69, 9.17) is 9.47 Å². The van der Waals surface area contributed by atoms with Crippen LogP contribution in [0.25, 0.3) is 0 Å². The van der Waals surface area contributed by atoms with E-state index in [9.17, 15) is 18.0 Å². The van der Waals surface area contributed by atoms with Gasteiger partial charge in [-0.15, -0.1) is 0 Å². The number of hydrogen-bond donors (Lipinski definition) is 1. The van der Waals surface area contributed by atoms with Gasteiger partial charge in [0.2, 0.25) is 16.8 Å². The summed E-state index contributed by atoms with van der Waals surface area (Å²) in [6.45, 7) is 3.33. The highest BCUT2D eigenvalue weighted by molar-refractivity contribution is 7.88. The molecule has 2 saturated heterocycles. The molecule has 1 N–H and O–H groups in total. The highest BCUT2D eigenvalue weighted by atomic mass is 32.2. The Bertz CT molecular complexity index is 1210. The van der Waals surface area contributed by atoms with Crippen LogP contribution in [0.5, 0.6) is 11.5 Å². The fraction of sp³-hybridized carbons (Fsp3) is 0.391. The lowest BCUT2D eigenvalue weighted by atomic mass is 9.92. The highest BCUT2D eigenvalue weighted by Crippen LogP contribution is 2.37. The summed E-state index contributed by atoms with van der Waals surface area (Å²) >= 11 is 0. The Balaban J connectivity index is 1.22. The van der Waals surface area contributed by atoms with Crippen LogP contribution in [0.3, 0.4) is 0 Å². The summed E-state index contributed by atoms with van der Waals surface area (Å²) in [6.07, 6.45) is 0. The standard InChI is InChI=1S/C23H26N4O6S/c1-23(18-7-8-19-20(13-18)33-16-32-19)21(28)27(22(29)24-23)15-25-9-11-26(12-10-25)34(30,31)14-17-5-3-2-4-6-17/h2-8,13H,9-12,14-16H2,1H3,(H,24,29)/t23-/m1/s1. The molecule has 3 aliphatic rings. The minimum Gasteiger partial charge on any atom is -0.454 e. The molecule has 2 aromatic rings. The van der Waals surface area contributed by atoms with Crippen LogP contribution in [0.15, 0.2) is 48.5 Å². The maximum Gasteiger partial charge on any atom is 0.326 e. The first-order chi connectivity index (χ1) is 16.3. The van der Waals surface area contributed by atoms with Crippen LogP contribution in [-0.2, 0) is 26.1 Å². The van der Waals surface area contributed by atoms with Gasteiger partial charge in [-0.25, -0.2) is 18.1 Å². The second kappa shape index (κ2) is 8.57. The molecule has 2 aromatic carbocycles. The van der Waals surface area contributed by atoms with Crippen molar-refractivity contribution in [1.29, 1.82) is 0 Å². The van der Waals surface area contributed by atoms with E-state index in [1.165, 1.54) is 9.21 Å². The van der Waals surface area contributed by atoms with Crippen LogP contribution in [-0.4, -0.2) is 74.1 Å². The minimum atomic E-state index is -3.44. The third kappa shape index (κ3) is 4.10. The molecule has 10 nitrogen and oxygen atoms in total. The van der Waals surface area contributed by atoms with Gasteiger partial charge in [0.1, 0.15) is 5.54 Å². The number of piperazine rings is 1. The zero-order valence-electron chi connectivity index (χ0n) is 18.8. The zero-order valence-corrected chi connectivity index (χ0v) is 19.6. The Hall–Kier alpha value is -3.15. The van der Waals surface area contributed by atoms with Crippen LogP contribution in [0.4, 0.5) is 4.79 Å². The molecule has 5 rings (SSSR count). The van der Waals surface area contributed by atoms with Crippen molar-refractivity contribution in [2.24, 2.45) is 0 Å². The molecule has 0 bridgehead atoms. The van der Waals surface area contributed by atoms with Gasteiger partial charge in [-0.3, -0.25) is 9.69 Å². The molecule has 0 unspecified atom stereocenters. The topological polar surface area (TPSA) is 108 Å². The molecule has 0 radical (unpaired) electrons. The molecule has 0 saturated carbocycles. The van der Waals surface area contributed by atoms with Crippen LogP contribution < -0.4 is 14.8 Å². The Morgan fingerprint density at radius 2 is 1.68 bits per heavy atom. The number of nitrogens with zero attached hydrogens (tertiary/aromatic N) is 3. The van der Waals surface area contributed by atoms with Crippen molar-refractivity contribution in [3.8, 4) is 11.5 Å². The molecule has 3 amide bonds. The Kier molecular flexibility index (Phi) is 5.70. The van der Waals surface area contributed by atoms with Crippen molar-refractivity contribution in [2.75, 3.05) is 39.6 Å². The second-order valence-electron chi connectivity index (χ2n) is 8.76. The minimum absolute atomic E-state index is 0.0469. The monoisotopic (exact) mass is 486 g/mol. The maximum absolute atomic E-state index is 13.3. The SMILES string of the molecule is C[C@]1(c2ccc3c(c2)OCO3)NC(=O)N(CN2CCN(S(=O)(=O)Cc3ccccc3)CC2)C1=O. The number of carbonyl (C=O) groups excluding carboxylic acids is 2. The van der Waals surface area contributed by atoms with E-state index >= 15 is 0 Å². The highest BCUT2D eigenvalue weighted by Gasteiger charge is 2.50. The number of urea groups is 1. The molecule has 0 aliphatic carbocycles. The van der Waals surface area contributed by atoms with Gasteiger partial charge in [-0.1, -0.05) is 36.4 Å².